The van der Waals surface area contributed by atoms with Gasteiger partial charge in [0, 0.05) is 18.1 Å². The van der Waals surface area contributed by atoms with Crippen molar-refractivity contribution >= 4 is 23.2 Å². The van der Waals surface area contributed by atoms with Gasteiger partial charge in [-0.2, -0.15) is 13.2 Å². The molecule has 0 aliphatic carbocycles. The lowest BCUT2D eigenvalue weighted by Crippen LogP contribution is -2.38. The number of ether oxygens (including phenoxy) is 1. The first-order valence-electron chi connectivity index (χ1n) is 9.39. The van der Waals surface area contributed by atoms with Gasteiger partial charge in [-0.05, 0) is 55.9 Å². The van der Waals surface area contributed by atoms with Gasteiger partial charge in [0.1, 0.15) is 5.75 Å². The summed E-state index contributed by atoms with van der Waals surface area (Å²) in [6.45, 7) is 8.26. The van der Waals surface area contributed by atoms with Gasteiger partial charge in [0.15, 0.2) is 5.75 Å². The molecule has 0 atom stereocenters. The van der Waals surface area contributed by atoms with E-state index in [1.165, 1.54) is 17.0 Å². The number of benzene rings is 2. The van der Waals surface area contributed by atoms with E-state index in [2.05, 4.69) is 4.90 Å². The highest BCUT2D eigenvalue weighted by atomic mass is 35.5. The molecule has 3 rings (SSSR count). The summed E-state index contributed by atoms with van der Waals surface area (Å²) in [6, 6.07) is 6.28. The summed E-state index contributed by atoms with van der Waals surface area (Å²) in [6.07, 6.45) is -4.51. The molecule has 2 aromatic rings. The average Bonchev–Trinajstić information content (AvgIpc) is 2.77. The molecule has 1 aliphatic rings. The highest BCUT2D eigenvalue weighted by Gasteiger charge is 2.34. The highest BCUT2D eigenvalue weighted by Crippen LogP contribution is 2.43. The van der Waals surface area contributed by atoms with Gasteiger partial charge >= 0.3 is 6.18 Å². The van der Waals surface area contributed by atoms with E-state index in [1.54, 1.807) is 13.0 Å². The number of carbonyl (C=O) groups excluding carboxylic acids is 1. The lowest BCUT2D eigenvalue weighted by molar-refractivity contribution is -0.137. The molecule has 1 amide bonds. The Kier molecular flexibility index (Phi) is 6.10. The largest absolute Gasteiger partial charge is 0.454 e. The molecule has 1 heterocycles. The summed E-state index contributed by atoms with van der Waals surface area (Å²) in [5.74, 6) is -0.163. The Morgan fingerprint density at radius 2 is 1.79 bits per heavy atom. The molecule has 0 saturated carbocycles. The first-order chi connectivity index (χ1) is 13.7. The number of aryl methyl sites for hydroxylation is 1. The summed E-state index contributed by atoms with van der Waals surface area (Å²) in [5, 5.41) is 0.395. The maximum atomic E-state index is 13.3. The predicted molar refractivity (Wildman–Crippen MR) is 107 cm³/mol. The van der Waals surface area contributed by atoms with Crippen LogP contribution in [0.2, 0.25) is 5.02 Å². The van der Waals surface area contributed by atoms with Crippen molar-refractivity contribution in [3.8, 4) is 11.5 Å². The zero-order valence-electron chi connectivity index (χ0n) is 16.4. The lowest BCUT2D eigenvalue weighted by Gasteiger charge is -2.26. The van der Waals surface area contributed by atoms with Crippen molar-refractivity contribution in [2.45, 2.75) is 26.9 Å². The number of hydrogen-bond donors (Lipinski definition) is 0. The van der Waals surface area contributed by atoms with Crippen molar-refractivity contribution in [3.63, 3.8) is 0 Å². The minimum Gasteiger partial charge on any atom is -0.454 e. The molecular weight excluding hydrogens is 405 g/mol. The second-order valence-corrected chi connectivity index (χ2v) is 7.27. The Hall–Kier alpha value is -2.25. The molecule has 0 bridgehead atoms. The highest BCUT2D eigenvalue weighted by molar-refractivity contribution is 6.32. The Bertz CT molecular complexity index is 927. The van der Waals surface area contributed by atoms with Crippen LogP contribution in [0.1, 0.15) is 35.3 Å². The normalized spacial score (nSPS) is 13.8. The Morgan fingerprint density at radius 1 is 1.10 bits per heavy atom. The molecule has 0 saturated heterocycles. The quantitative estimate of drug-likeness (QED) is 0.609. The average molecular weight is 427 g/mol. The SMILES string of the molecule is CCN(CC)CCN1C(=O)c2cc(Cl)c(C)cc2Oc2cc(C(F)(F)F)ccc21. The fraction of sp³-hybridized carbons (Fsp3) is 0.381. The third kappa shape index (κ3) is 4.36. The van der Waals surface area contributed by atoms with Gasteiger partial charge in [-0.3, -0.25) is 4.79 Å². The number of alkyl halides is 3. The molecule has 156 valence electrons. The molecule has 0 radical (unpaired) electrons. The molecule has 0 unspecified atom stereocenters. The Labute approximate surface area is 172 Å². The van der Waals surface area contributed by atoms with Gasteiger partial charge in [0.2, 0.25) is 0 Å². The number of nitrogens with zero attached hydrogens (tertiary/aromatic N) is 2. The number of fused-ring (bicyclic) bond motifs is 2. The molecule has 29 heavy (non-hydrogen) atoms. The van der Waals surface area contributed by atoms with Crippen LogP contribution < -0.4 is 9.64 Å². The number of halogens is 4. The Morgan fingerprint density at radius 3 is 2.41 bits per heavy atom. The summed E-state index contributed by atoms with van der Waals surface area (Å²) in [5.41, 5.74) is 0.370. The fourth-order valence-corrected chi connectivity index (χ4v) is 3.44. The molecule has 0 aromatic heterocycles. The van der Waals surface area contributed by atoms with Gasteiger partial charge < -0.3 is 14.5 Å². The van der Waals surface area contributed by atoms with Crippen molar-refractivity contribution in [1.82, 2.24) is 4.90 Å². The smallest absolute Gasteiger partial charge is 0.416 e. The van der Waals surface area contributed by atoms with Crippen molar-refractivity contribution in [3.05, 3.63) is 52.0 Å². The maximum absolute atomic E-state index is 13.3. The van der Waals surface area contributed by atoms with Crippen LogP contribution in [-0.2, 0) is 6.18 Å². The maximum Gasteiger partial charge on any atom is 0.416 e. The Balaban J connectivity index is 2.11. The molecule has 8 heteroatoms. The molecule has 0 fully saturated rings. The zero-order chi connectivity index (χ0) is 21.3. The van der Waals surface area contributed by atoms with E-state index in [9.17, 15) is 18.0 Å². The number of carbonyl (C=O) groups is 1. The number of anilines is 1. The van der Waals surface area contributed by atoms with Crippen LogP contribution in [0.3, 0.4) is 0 Å². The van der Waals surface area contributed by atoms with Crippen LogP contribution >= 0.6 is 11.6 Å². The van der Waals surface area contributed by atoms with Crippen molar-refractivity contribution in [2.24, 2.45) is 0 Å². The van der Waals surface area contributed by atoms with Crippen LogP contribution in [0, 0.1) is 6.92 Å². The van der Waals surface area contributed by atoms with Crippen molar-refractivity contribution in [1.29, 1.82) is 0 Å². The van der Waals surface area contributed by atoms with Crippen molar-refractivity contribution < 1.29 is 22.7 Å². The minimum absolute atomic E-state index is 0.00630. The van der Waals surface area contributed by atoms with Gasteiger partial charge in [-0.1, -0.05) is 25.4 Å². The van der Waals surface area contributed by atoms with E-state index in [1.807, 2.05) is 13.8 Å². The molecule has 2 aromatic carbocycles. The van der Waals surface area contributed by atoms with Crippen LogP contribution in [-0.4, -0.2) is 37.0 Å². The fourth-order valence-electron chi connectivity index (χ4n) is 3.28. The molecule has 0 N–H and O–H groups in total. The third-order valence-electron chi connectivity index (χ3n) is 5.07. The van der Waals surface area contributed by atoms with Crippen molar-refractivity contribution in [2.75, 3.05) is 31.1 Å². The molecular formula is C21H22ClF3N2O2. The second kappa shape index (κ2) is 8.24. The van der Waals surface area contributed by atoms with E-state index in [-0.39, 0.29) is 23.0 Å². The minimum atomic E-state index is -4.51. The van der Waals surface area contributed by atoms with Gasteiger partial charge in [-0.25, -0.2) is 0 Å². The second-order valence-electron chi connectivity index (χ2n) is 6.86. The van der Waals surface area contributed by atoms with E-state index in [0.29, 0.717) is 29.4 Å². The molecule has 1 aliphatic heterocycles. The lowest BCUT2D eigenvalue weighted by atomic mass is 10.1. The monoisotopic (exact) mass is 426 g/mol. The number of rotatable bonds is 5. The summed E-state index contributed by atoms with van der Waals surface area (Å²) < 4.78 is 45.5. The zero-order valence-corrected chi connectivity index (χ0v) is 17.2. The topological polar surface area (TPSA) is 32.8 Å². The first-order valence-corrected chi connectivity index (χ1v) is 9.77. The van der Waals surface area contributed by atoms with Crippen LogP contribution in [0.5, 0.6) is 11.5 Å². The van der Waals surface area contributed by atoms with E-state index >= 15 is 0 Å². The van der Waals surface area contributed by atoms with Gasteiger partial charge in [0.05, 0.1) is 16.8 Å². The van der Waals surface area contributed by atoms with Crippen LogP contribution in [0.4, 0.5) is 18.9 Å². The van der Waals surface area contributed by atoms with E-state index < -0.39 is 11.7 Å². The van der Waals surface area contributed by atoms with Gasteiger partial charge in [-0.15, -0.1) is 0 Å². The number of amides is 1. The summed E-state index contributed by atoms with van der Waals surface area (Å²) >= 11 is 6.20. The third-order valence-corrected chi connectivity index (χ3v) is 5.48. The molecule has 4 nitrogen and oxygen atoms in total. The first kappa shape index (κ1) is 21.5. The predicted octanol–water partition coefficient (Wildman–Crippen LogP) is 5.76. The standard InChI is InChI=1S/C21H22ClF3N2O2/c1-4-26(5-2)8-9-27-17-7-6-14(21(23,24)25)11-19(17)29-18-10-13(3)16(22)12-15(18)20(27)28/h6-7,10-12H,4-5,8-9H2,1-3H3. The summed E-state index contributed by atoms with van der Waals surface area (Å²) in [7, 11) is 0. The van der Waals surface area contributed by atoms with Gasteiger partial charge in [0.25, 0.3) is 5.91 Å². The number of likely N-dealkylation sites (N-methyl/N-ethyl adjacent to an activating group) is 1. The van der Waals surface area contributed by atoms with E-state index in [4.69, 9.17) is 16.3 Å². The number of hydrogen-bond acceptors (Lipinski definition) is 3. The van der Waals surface area contributed by atoms with Crippen LogP contribution in [0.25, 0.3) is 0 Å². The van der Waals surface area contributed by atoms with Crippen LogP contribution in [0.15, 0.2) is 30.3 Å². The van der Waals surface area contributed by atoms with E-state index in [0.717, 1.165) is 25.2 Å². The summed E-state index contributed by atoms with van der Waals surface area (Å²) in [4.78, 5) is 16.9. The molecule has 0 spiro atoms.